The summed E-state index contributed by atoms with van der Waals surface area (Å²) in [6, 6.07) is 5.61. The van der Waals surface area contributed by atoms with Crippen molar-refractivity contribution in [3.05, 3.63) is 53.7 Å². The molecule has 1 atom stereocenters. The molecule has 1 unspecified atom stereocenters. The van der Waals surface area contributed by atoms with Gasteiger partial charge in [0, 0.05) is 44.2 Å². The van der Waals surface area contributed by atoms with Crippen molar-refractivity contribution in [2.75, 3.05) is 24.6 Å². The number of aromatic nitrogens is 3. The minimum absolute atomic E-state index is 0.0843. The maximum atomic E-state index is 12.2. The van der Waals surface area contributed by atoms with Crippen LogP contribution in [0.5, 0.6) is 0 Å². The molecule has 1 fully saturated rings. The van der Waals surface area contributed by atoms with Gasteiger partial charge in [-0.25, -0.2) is 0 Å². The Labute approximate surface area is 162 Å². The second-order valence-electron chi connectivity index (χ2n) is 6.38. The molecule has 2 aromatic heterocycles. The molecule has 9 nitrogen and oxygen atoms in total. The van der Waals surface area contributed by atoms with Gasteiger partial charge in [-0.1, -0.05) is 6.07 Å². The zero-order chi connectivity index (χ0) is 20.1. The van der Waals surface area contributed by atoms with E-state index in [1.807, 2.05) is 19.1 Å². The standard InChI is InChI=1S/C19H22N6O3/c1-12-17(8-16(24-23-12)15(9-20)19(27)22-13(2)26)25-6-7-28-18(11-25)14-4-3-5-21-10-14/h3-5,8-10,18H,6-7,11,20H2,1-2H3,(H,22,26,27)/b15-9-. The number of nitrogens with two attached hydrogens (primary N) is 1. The predicted molar refractivity (Wildman–Crippen MR) is 103 cm³/mol. The van der Waals surface area contributed by atoms with Crippen LogP contribution in [0.25, 0.3) is 5.57 Å². The SMILES string of the molecule is CC(=O)NC(=O)/C(=C\N)c1cc(N2CCOC(c3cccnc3)C2)c(C)nn1. The number of amides is 2. The molecule has 1 aliphatic heterocycles. The highest BCUT2D eigenvalue weighted by molar-refractivity contribution is 6.22. The molecule has 2 amide bonds. The molecule has 28 heavy (non-hydrogen) atoms. The highest BCUT2D eigenvalue weighted by Gasteiger charge is 2.25. The molecule has 3 heterocycles. The van der Waals surface area contributed by atoms with Crippen LogP contribution in [0.3, 0.4) is 0 Å². The van der Waals surface area contributed by atoms with E-state index < -0.39 is 11.8 Å². The van der Waals surface area contributed by atoms with Gasteiger partial charge in [0.05, 0.1) is 23.6 Å². The molecule has 9 heteroatoms. The summed E-state index contributed by atoms with van der Waals surface area (Å²) >= 11 is 0. The van der Waals surface area contributed by atoms with Gasteiger partial charge in [-0.2, -0.15) is 5.10 Å². The van der Waals surface area contributed by atoms with Crippen molar-refractivity contribution < 1.29 is 14.3 Å². The summed E-state index contributed by atoms with van der Waals surface area (Å²) in [7, 11) is 0. The van der Waals surface area contributed by atoms with Gasteiger partial charge in [-0.05, 0) is 19.1 Å². The number of aryl methyl sites for hydroxylation is 1. The molecule has 0 spiro atoms. The fourth-order valence-electron chi connectivity index (χ4n) is 3.04. The van der Waals surface area contributed by atoms with E-state index in [-0.39, 0.29) is 11.7 Å². The topological polar surface area (TPSA) is 123 Å². The van der Waals surface area contributed by atoms with Crippen molar-refractivity contribution in [3.8, 4) is 0 Å². The van der Waals surface area contributed by atoms with Crippen LogP contribution in [0, 0.1) is 6.92 Å². The third-order valence-electron chi connectivity index (χ3n) is 4.39. The number of nitrogens with one attached hydrogen (secondary N) is 1. The molecule has 0 saturated carbocycles. The summed E-state index contributed by atoms with van der Waals surface area (Å²) < 4.78 is 5.89. The molecule has 146 valence electrons. The smallest absolute Gasteiger partial charge is 0.261 e. The van der Waals surface area contributed by atoms with E-state index in [0.717, 1.165) is 23.1 Å². The van der Waals surface area contributed by atoms with Crippen LogP contribution >= 0.6 is 0 Å². The fourth-order valence-corrected chi connectivity index (χ4v) is 3.04. The van der Waals surface area contributed by atoms with Gasteiger partial charge in [0.25, 0.3) is 5.91 Å². The van der Waals surface area contributed by atoms with Crippen LogP contribution < -0.4 is 16.0 Å². The minimum atomic E-state index is -0.616. The van der Waals surface area contributed by atoms with Gasteiger partial charge in [0.1, 0.15) is 11.8 Å². The number of carbonyl (C=O) groups excluding carboxylic acids is 2. The number of morpholine rings is 1. The van der Waals surface area contributed by atoms with E-state index in [2.05, 4.69) is 25.4 Å². The van der Waals surface area contributed by atoms with Crippen LogP contribution in [0.2, 0.25) is 0 Å². The number of hydrogen-bond acceptors (Lipinski definition) is 8. The van der Waals surface area contributed by atoms with Crippen molar-refractivity contribution in [2.45, 2.75) is 20.0 Å². The molecule has 2 aromatic rings. The number of hydrogen-bond donors (Lipinski definition) is 2. The van der Waals surface area contributed by atoms with Gasteiger partial charge in [0.2, 0.25) is 5.91 Å². The Kier molecular flexibility index (Phi) is 5.95. The predicted octanol–water partition coefficient (Wildman–Crippen LogP) is 0.720. The first-order valence-corrected chi connectivity index (χ1v) is 8.84. The summed E-state index contributed by atoms with van der Waals surface area (Å²) in [5, 5.41) is 10.4. The maximum Gasteiger partial charge on any atom is 0.261 e. The first-order valence-electron chi connectivity index (χ1n) is 8.84. The second-order valence-corrected chi connectivity index (χ2v) is 6.38. The molecule has 3 N–H and O–H groups in total. The van der Waals surface area contributed by atoms with Crippen molar-refractivity contribution in [3.63, 3.8) is 0 Å². The third-order valence-corrected chi connectivity index (χ3v) is 4.39. The number of rotatable bonds is 4. The van der Waals surface area contributed by atoms with E-state index in [4.69, 9.17) is 10.5 Å². The third kappa shape index (κ3) is 4.32. The molecular formula is C19H22N6O3. The van der Waals surface area contributed by atoms with Crippen molar-refractivity contribution >= 4 is 23.1 Å². The Morgan fingerprint density at radius 1 is 1.39 bits per heavy atom. The Balaban J connectivity index is 1.87. The molecular weight excluding hydrogens is 360 g/mol. The second kappa shape index (κ2) is 8.57. The molecule has 0 radical (unpaired) electrons. The normalized spacial score (nSPS) is 17.3. The Hall–Kier alpha value is -3.33. The van der Waals surface area contributed by atoms with Gasteiger partial charge >= 0.3 is 0 Å². The fraction of sp³-hybridized carbons (Fsp3) is 0.316. The maximum absolute atomic E-state index is 12.2. The lowest BCUT2D eigenvalue weighted by Gasteiger charge is -2.35. The van der Waals surface area contributed by atoms with Gasteiger partial charge in [-0.3, -0.25) is 19.9 Å². The van der Waals surface area contributed by atoms with Crippen molar-refractivity contribution in [1.82, 2.24) is 20.5 Å². The Morgan fingerprint density at radius 2 is 2.21 bits per heavy atom. The number of nitrogens with zero attached hydrogens (tertiary/aromatic N) is 4. The van der Waals surface area contributed by atoms with Crippen molar-refractivity contribution in [1.29, 1.82) is 0 Å². The van der Waals surface area contributed by atoms with E-state index in [1.54, 1.807) is 18.5 Å². The summed E-state index contributed by atoms with van der Waals surface area (Å²) in [4.78, 5) is 29.7. The first kappa shape index (κ1) is 19.4. The zero-order valence-corrected chi connectivity index (χ0v) is 15.8. The number of pyridine rings is 1. The lowest BCUT2D eigenvalue weighted by molar-refractivity contribution is -0.126. The first-order chi connectivity index (χ1) is 13.5. The summed E-state index contributed by atoms with van der Waals surface area (Å²) in [5.41, 5.74) is 8.53. The van der Waals surface area contributed by atoms with E-state index in [9.17, 15) is 9.59 Å². The monoisotopic (exact) mass is 382 g/mol. The lowest BCUT2D eigenvalue weighted by atomic mass is 10.1. The molecule has 1 aliphatic rings. The Morgan fingerprint density at radius 3 is 2.89 bits per heavy atom. The van der Waals surface area contributed by atoms with E-state index in [1.165, 1.54) is 6.92 Å². The summed E-state index contributed by atoms with van der Waals surface area (Å²) in [6.45, 7) is 4.93. The number of imide groups is 1. The average Bonchev–Trinajstić information content (AvgIpc) is 2.70. The van der Waals surface area contributed by atoms with E-state index in [0.29, 0.717) is 25.4 Å². The van der Waals surface area contributed by atoms with Gasteiger partial charge in [0.15, 0.2) is 0 Å². The van der Waals surface area contributed by atoms with Crippen LogP contribution in [-0.4, -0.2) is 46.7 Å². The van der Waals surface area contributed by atoms with Crippen LogP contribution in [0.4, 0.5) is 5.69 Å². The molecule has 0 aliphatic carbocycles. The highest BCUT2D eigenvalue weighted by atomic mass is 16.5. The van der Waals surface area contributed by atoms with Gasteiger partial charge in [-0.15, -0.1) is 5.10 Å². The summed E-state index contributed by atoms with van der Waals surface area (Å²) in [6.07, 6.45) is 4.52. The van der Waals surface area contributed by atoms with Crippen molar-refractivity contribution in [2.24, 2.45) is 5.73 Å². The number of ether oxygens (including phenoxy) is 1. The highest BCUT2D eigenvalue weighted by Crippen LogP contribution is 2.28. The zero-order valence-electron chi connectivity index (χ0n) is 15.8. The van der Waals surface area contributed by atoms with Crippen LogP contribution in [-0.2, 0) is 14.3 Å². The largest absolute Gasteiger partial charge is 0.404 e. The molecule has 0 bridgehead atoms. The van der Waals surface area contributed by atoms with E-state index >= 15 is 0 Å². The quantitative estimate of drug-likeness (QED) is 0.742. The number of anilines is 1. The number of carbonyl (C=O) groups is 2. The summed E-state index contributed by atoms with van der Waals surface area (Å²) in [5.74, 6) is -1.09. The Bertz CT molecular complexity index is 900. The van der Waals surface area contributed by atoms with Gasteiger partial charge < -0.3 is 15.4 Å². The minimum Gasteiger partial charge on any atom is -0.404 e. The van der Waals surface area contributed by atoms with Crippen LogP contribution in [0.1, 0.15) is 30.0 Å². The molecule has 1 saturated heterocycles. The lowest BCUT2D eigenvalue weighted by Crippen LogP contribution is -2.39. The van der Waals surface area contributed by atoms with Crippen LogP contribution in [0.15, 0.2) is 36.8 Å². The molecule has 0 aromatic carbocycles. The average molecular weight is 382 g/mol. The molecule has 3 rings (SSSR count).